The highest BCUT2D eigenvalue weighted by molar-refractivity contribution is 7.17. The third-order valence-corrected chi connectivity index (χ3v) is 5.35. The van der Waals surface area contributed by atoms with Crippen molar-refractivity contribution >= 4 is 28.2 Å². The fraction of sp³-hybridized carbons (Fsp3) is 0.368. The van der Waals surface area contributed by atoms with Crippen molar-refractivity contribution in [2.75, 3.05) is 18.5 Å². The quantitative estimate of drug-likeness (QED) is 0.770. The second kappa shape index (κ2) is 8.23. The van der Waals surface area contributed by atoms with Gasteiger partial charge in [-0.25, -0.2) is 4.79 Å². The number of fused-ring (bicyclic) bond motifs is 1. The van der Waals surface area contributed by atoms with Crippen molar-refractivity contribution in [3.63, 3.8) is 0 Å². The van der Waals surface area contributed by atoms with E-state index in [9.17, 15) is 14.7 Å². The molecule has 1 heterocycles. The number of carboxylic acids is 1. The van der Waals surface area contributed by atoms with Crippen molar-refractivity contribution in [2.45, 2.75) is 32.6 Å². The molecule has 0 saturated heterocycles. The van der Waals surface area contributed by atoms with Crippen molar-refractivity contribution < 1.29 is 24.2 Å². The van der Waals surface area contributed by atoms with Gasteiger partial charge in [-0.2, -0.15) is 0 Å². The molecule has 6 nitrogen and oxygen atoms in total. The second-order valence-electron chi connectivity index (χ2n) is 5.96. The number of carboxylic acid groups (broad SMARTS) is 1. The van der Waals surface area contributed by atoms with Gasteiger partial charge in [-0.3, -0.25) is 4.79 Å². The van der Waals surface area contributed by atoms with E-state index in [2.05, 4.69) is 5.32 Å². The molecule has 0 bridgehead atoms. The van der Waals surface area contributed by atoms with Gasteiger partial charge in [-0.15, -0.1) is 11.3 Å². The predicted octanol–water partition coefficient (Wildman–Crippen LogP) is 3.74. The number of hydrogen-bond donors (Lipinski definition) is 2. The van der Waals surface area contributed by atoms with Gasteiger partial charge in [0, 0.05) is 4.88 Å². The molecule has 1 aromatic heterocycles. The van der Waals surface area contributed by atoms with Gasteiger partial charge < -0.3 is 19.9 Å². The summed E-state index contributed by atoms with van der Waals surface area (Å²) in [6.07, 6.45) is 3.67. The molecule has 7 heteroatoms. The number of ether oxygens (including phenoxy) is 2. The van der Waals surface area contributed by atoms with Crippen LogP contribution in [0.2, 0.25) is 0 Å². The third kappa shape index (κ3) is 4.16. The van der Waals surface area contributed by atoms with Crippen LogP contribution in [-0.2, 0) is 17.6 Å². The van der Waals surface area contributed by atoms with E-state index in [0.29, 0.717) is 17.4 Å². The molecule has 0 aliphatic heterocycles. The Balaban J connectivity index is 1.63. The molecule has 1 aromatic carbocycles. The number of carbonyl (C=O) groups excluding carboxylic acids is 1. The van der Waals surface area contributed by atoms with Crippen molar-refractivity contribution in [1.82, 2.24) is 0 Å². The number of nitrogens with one attached hydrogen (secondary N) is 1. The van der Waals surface area contributed by atoms with Crippen LogP contribution in [0.15, 0.2) is 24.3 Å². The number of aryl methyl sites for hydroxylation is 1. The number of amides is 1. The van der Waals surface area contributed by atoms with Crippen molar-refractivity contribution in [2.24, 2.45) is 0 Å². The highest BCUT2D eigenvalue weighted by Gasteiger charge is 2.26. The summed E-state index contributed by atoms with van der Waals surface area (Å²) < 4.78 is 10.8. The van der Waals surface area contributed by atoms with Crippen molar-refractivity contribution in [3.8, 4) is 11.5 Å². The first-order valence-electron chi connectivity index (χ1n) is 8.61. The Labute approximate surface area is 155 Å². The van der Waals surface area contributed by atoms with Gasteiger partial charge in [-0.05, 0) is 62.4 Å². The van der Waals surface area contributed by atoms with Gasteiger partial charge in [0.1, 0.15) is 16.5 Å². The van der Waals surface area contributed by atoms with Crippen LogP contribution in [0.5, 0.6) is 11.5 Å². The molecule has 2 N–H and O–H groups in total. The van der Waals surface area contributed by atoms with Gasteiger partial charge in [0.15, 0.2) is 6.61 Å². The summed E-state index contributed by atoms with van der Waals surface area (Å²) >= 11 is 1.36. The molecule has 0 unspecified atom stereocenters. The lowest BCUT2D eigenvalue weighted by Crippen LogP contribution is -2.21. The maximum atomic E-state index is 12.2. The van der Waals surface area contributed by atoms with Crippen LogP contribution >= 0.6 is 11.3 Å². The molecule has 1 aliphatic carbocycles. The number of benzene rings is 1. The highest BCUT2D eigenvalue weighted by Crippen LogP contribution is 2.38. The molecule has 1 aliphatic rings. The second-order valence-corrected chi connectivity index (χ2v) is 7.07. The summed E-state index contributed by atoms with van der Waals surface area (Å²) in [6, 6.07) is 6.99. The Morgan fingerprint density at radius 2 is 1.77 bits per heavy atom. The number of hydrogen-bond acceptors (Lipinski definition) is 5. The largest absolute Gasteiger partial charge is 0.494 e. The number of anilines is 1. The molecule has 0 saturated carbocycles. The van der Waals surface area contributed by atoms with Crippen molar-refractivity contribution in [3.05, 3.63) is 40.3 Å². The number of carbonyl (C=O) groups is 2. The minimum atomic E-state index is -0.993. The maximum absolute atomic E-state index is 12.2. The summed E-state index contributed by atoms with van der Waals surface area (Å²) in [7, 11) is 0. The highest BCUT2D eigenvalue weighted by atomic mass is 32.1. The molecule has 0 fully saturated rings. The van der Waals surface area contributed by atoms with Gasteiger partial charge in [0.05, 0.1) is 12.2 Å². The average molecular weight is 375 g/mol. The molecular formula is C19H21NO5S. The lowest BCUT2D eigenvalue weighted by molar-refractivity contribution is -0.118. The smallest absolute Gasteiger partial charge is 0.339 e. The molecule has 138 valence electrons. The van der Waals surface area contributed by atoms with Gasteiger partial charge in [-0.1, -0.05) is 0 Å². The maximum Gasteiger partial charge on any atom is 0.339 e. The summed E-state index contributed by atoms with van der Waals surface area (Å²) in [5.74, 6) is -0.0841. The van der Waals surface area contributed by atoms with E-state index in [1.165, 1.54) is 11.3 Å². The minimum absolute atomic E-state index is 0.185. The zero-order valence-electron chi connectivity index (χ0n) is 14.5. The Bertz CT molecular complexity index is 797. The molecule has 1 amide bonds. The van der Waals surface area contributed by atoms with Crippen LogP contribution < -0.4 is 14.8 Å². The van der Waals surface area contributed by atoms with E-state index >= 15 is 0 Å². The van der Waals surface area contributed by atoms with Crippen LogP contribution in [0.25, 0.3) is 0 Å². The van der Waals surface area contributed by atoms with Gasteiger partial charge in [0.25, 0.3) is 5.91 Å². The van der Waals surface area contributed by atoms with E-state index in [-0.39, 0.29) is 18.1 Å². The number of thiophene rings is 1. The molecule has 0 radical (unpaired) electrons. The zero-order chi connectivity index (χ0) is 18.5. The molecule has 3 rings (SSSR count). The summed E-state index contributed by atoms with van der Waals surface area (Å²) in [5, 5.41) is 12.6. The monoisotopic (exact) mass is 375 g/mol. The summed E-state index contributed by atoms with van der Waals surface area (Å²) in [4.78, 5) is 24.9. The molecular weight excluding hydrogens is 354 g/mol. The zero-order valence-corrected chi connectivity index (χ0v) is 15.4. The summed E-state index contributed by atoms with van der Waals surface area (Å²) in [6.45, 7) is 2.30. The van der Waals surface area contributed by atoms with E-state index < -0.39 is 5.97 Å². The van der Waals surface area contributed by atoms with Gasteiger partial charge in [0.2, 0.25) is 0 Å². The van der Waals surface area contributed by atoms with E-state index in [0.717, 1.165) is 41.9 Å². The van der Waals surface area contributed by atoms with E-state index in [1.807, 2.05) is 6.92 Å². The third-order valence-electron chi connectivity index (χ3n) is 4.14. The van der Waals surface area contributed by atoms with E-state index in [4.69, 9.17) is 9.47 Å². The Morgan fingerprint density at radius 1 is 1.12 bits per heavy atom. The number of rotatable bonds is 7. The first kappa shape index (κ1) is 18.3. The molecule has 0 spiro atoms. The predicted molar refractivity (Wildman–Crippen MR) is 99.7 cm³/mol. The average Bonchev–Trinajstić information content (AvgIpc) is 2.99. The topological polar surface area (TPSA) is 84.9 Å². The fourth-order valence-electron chi connectivity index (χ4n) is 2.99. The van der Waals surface area contributed by atoms with Crippen LogP contribution in [0.1, 0.15) is 40.6 Å². The Morgan fingerprint density at radius 3 is 2.42 bits per heavy atom. The van der Waals surface area contributed by atoms with Gasteiger partial charge >= 0.3 is 5.97 Å². The lowest BCUT2D eigenvalue weighted by atomic mass is 9.95. The van der Waals surface area contributed by atoms with Crippen LogP contribution in [0.3, 0.4) is 0 Å². The van der Waals surface area contributed by atoms with Crippen LogP contribution in [-0.4, -0.2) is 30.2 Å². The fourth-order valence-corrected chi connectivity index (χ4v) is 4.29. The van der Waals surface area contributed by atoms with Crippen LogP contribution in [0, 0.1) is 0 Å². The Hall–Kier alpha value is -2.54. The molecule has 0 atom stereocenters. The first-order valence-corrected chi connectivity index (χ1v) is 9.43. The SMILES string of the molecule is CCOc1ccc(OCC(=O)Nc2sc3c(c2C(=O)O)CCCC3)cc1. The molecule has 2 aromatic rings. The normalized spacial score (nSPS) is 13.0. The lowest BCUT2D eigenvalue weighted by Gasteiger charge is -2.11. The van der Waals surface area contributed by atoms with Crippen molar-refractivity contribution in [1.29, 1.82) is 0 Å². The number of aromatic carboxylic acids is 1. The standard InChI is InChI=1S/C19H21NO5S/c1-2-24-12-7-9-13(10-8-12)25-11-16(21)20-18-17(19(22)23)14-5-3-4-6-15(14)26-18/h7-10H,2-6,11H2,1H3,(H,20,21)(H,22,23). The first-order chi connectivity index (χ1) is 12.6. The molecule has 26 heavy (non-hydrogen) atoms. The minimum Gasteiger partial charge on any atom is -0.494 e. The Kier molecular flexibility index (Phi) is 5.78. The van der Waals surface area contributed by atoms with Crippen LogP contribution in [0.4, 0.5) is 5.00 Å². The van der Waals surface area contributed by atoms with E-state index in [1.54, 1.807) is 24.3 Å². The summed E-state index contributed by atoms with van der Waals surface area (Å²) in [5.41, 5.74) is 1.11.